The van der Waals surface area contributed by atoms with Gasteiger partial charge in [0.1, 0.15) is 0 Å². The summed E-state index contributed by atoms with van der Waals surface area (Å²) in [4.78, 5) is 0. The van der Waals surface area contributed by atoms with Gasteiger partial charge in [0.05, 0.1) is 45.2 Å². The maximum atomic E-state index is 9.66. The van der Waals surface area contributed by atoms with Crippen LogP contribution in [0.3, 0.4) is 0 Å². The molecule has 116 valence electrons. The molecule has 0 aliphatic carbocycles. The molecule has 0 aromatic heterocycles. The zero-order valence-electron chi connectivity index (χ0n) is 12.2. The lowest BCUT2D eigenvalue weighted by atomic mass is 10.0. The lowest BCUT2D eigenvalue weighted by Crippen LogP contribution is -2.34. The number of hydrogen-bond donors (Lipinski definition) is 2. The van der Waals surface area contributed by atoms with E-state index in [-0.39, 0.29) is 6.54 Å². The molecule has 0 aliphatic heterocycles. The second-order valence-electron chi connectivity index (χ2n) is 4.63. The summed E-state index contributed by atoms with van der Waals surface area (Å²) in [6, 6.07) is 0. The molecule has 0 radical (unpaired) electrons. The molecule has 0 aromatic carbocycles. The lowest BCUT2D eigenvalue weighted by molar-refractivity contribution is -0.000763. The van der Waals surface area contributed by atoms with Gasteiger partial charge in [0, 0.05) is 20.3 Å². The van der Waals surface area contributed by atoms with Crippen molar-refractivity contribution in [3.8, 4) is 0 Å². The monoisotopic (exact) mass is 279 g/mol. The van der Waals surface area contributed by atoms with E-state index in [1.165, 1.54) is 0 Å². The Kier molecular flexibility index (Phi) is 12.6. The first-order valence-electron chi connectivity index (χ1n) is 6.77. The summed E-state index contributed by atoms with van der Waals surface area (Å²) in [6.45, 7) is 6.08. The van der Waals surface area contributed by atoms with Crippen LogP contribution in [0.1, 0.15) is 19.8 Å². The zero-order valence-corrected chi connectivity index (χ0v) is 12.2. The minimum absolute atomic E-state index is 0.277. The molecule has 3 N–H and O–H groups in total. The maximum Gasteiger partial charge on any atom is 0.0742 e. The van der Waals surface area contributed by atoms with Crippen LogP contribution in [0.2, 0.25) is 0 Å². The van der Waals surface area contributed by atoms with Crippen LogP contribution in [0.4, 0.5) is 0 Å². The van der Waals surface area contributed by atoms with Crippen molar-refractivity contribution in [2.24, 2.45) is 5.73 Å². The van der Waals surface area contributed by atoms with E-state index < -0.39 is 5.60 Å². The van der Waals surface area contributed by atoms with E-state index in [4.69, 9.17) is 24.7 Å². The molecular formula is C13H29NO5. The Labute approximate surface area is 116 Å². The summed E-state index contributed by atoms with van der Waals surface area (Å²) in [7, 11) is 1.64. The fraction of sp³-hybridized carbons (Fsp3) is 1.00. The van der Waals surface area contributed by atoms with Gasteiger partial charge in [-0.2, -0.15) is 0 Å². The van der Waals surface area contributed by atoms with Crippen molar-refractivity contribution < 1.29 is 24.1 Å². The predicted molar refractivity (Wildman–Crippen MR) is 73.2 cm³/mol. The maximum absolute atomic E-state index is 9.66. The number of hydrogen-bond acceptors (Lipinski definition) is 6. The predicted octanol–water partition coefficient (Wildman–Crippen LogP) is 0.173. The molecular weight excluding hydrogens is 250 g/mol. The normalized spacial score (nSPS) is 14.5. The van der Waals surface area contributed by atoms with Crippen molar-refractivity contribution in [2.45, 2.75) is 25.4 Å². The van der Waals surface area contributed by atoms with Crippen LogP contribution >= 0.6 is 0 Å². The lowest BCUT2D eigenvalue weighted by Gasteiger charge is -2.20. The largest absolute Gasteiger partial charge is 0.389 e. The van der Waals surface area contributed by atoms with E-state index in [1.54, 1.807) is 14.0 Å². The molecule has 0 saturated carbocycles. The topological polar surface area (TPSA) is 83.2 Å². The summed E-state index contributed by atoms with van der Waals surface area (Å²) in [5, 5.41) is 9.66. The molecule has 0 amide bonds. The highest BCUT2D eigenvalue weighted by atomic mass is 16.6. The van der Waals surface area contributed by atoms with Crippen molar-refractivity contribution in [3.63, 3.8) is 0 Å². The average Bonchev–Trinajstić information content (AvgIpc) is 2.40. The second kappa shape index (κ2) is 12.8. The van der Waals surface area contributed by atoms with E-state index >= 15 is 0 Å². The number of methoxy groups -OCH3 is 1. The van der Waals surface area contributed by atoms with E-state index in [1.807, 2.05) is 0 Å². The first kappa shape index (κ1) is 18.8. The summed E-state index contributed by atoms with van der Waals surface area (Å²) >= 11 is 0. The van der Waals surface area contributed by atoms with Crippen molar-refractivity contribution in [2.75, 3.05) is 59.9 Å². The highest BCUT2D eigenvalue weighted by Crippen LogP contribution is 2.09. The Morgan fingerprint density at radius 2 is 1.37 bits per heavy atom. The molecule has 6 heteroatoms. The van der Waals surface area contributed by atoms with Gasteiger partial charge in [0.15, 0.2) is 0 Å². The highest BCUT2D eigenvalue weighted by molar-refractivity contribution is 4.72. The molecule has 0 bridgehead atoms. The molecule has 0 fully saturated rings. The fourth-order valence-electron chi connectivity index (χ4n) is 1.34. The standard InChI is InChI=1S/C13H29NO5/c1-13(15,12-14)4-3-5-17-8-9-19-11-10-18-7-6-16-2/h15H,3-12,14H2,1-2H3. The van der Waals surface area contributed by atoms with Gasteiger partial charge in [-0.15, -0.1) is 0 Å². The Morgan fingerprint density at radius 1 is 0.895 bits per heavy atom. The van der Waals surface area contributed by atoms with Crippen LogP contribution in [-0.4, -0.2) is 70.6 Å². The number of aliphatic hydroxyl groups is 1. The molecule has 0 rings (SSSR count). The van der Waals surface area contributed by atoms with Crippen molar-refractivity contribution in [1.29, 1.82) is 0 Å². The molecule has 0 heterocycles. The molecule has 0 aliphatic rings. The van der Waals surface area contributed by atoms with Gasteiger partial charge in [-0.1, -0.05) is 0 Å². The Morgan fingerprint density at radius 3 is 1.84 bits per heavy atom. The third-order valence-corrected chi connectivity index (χ3v) is 2.62. The van der Waals surface area contributed by atoms with Gasteiger partial charge in [-0.25, -0.2) is 0 Å². The Balaban J connectivity index is 3.07. The number of ether oxygens (including phenoxy) is 4. The minimum atomic E-state index is -0.778. The Hall–Kier alpha value is -0.240. The third kappa shape index (κ3) is 14.0. The van der Waals surface area contributed by atoms with E-state index in [0.717, 1.165) is 6.42 Å². The van der Waals surface area contributed by atoms with Crippen molar-refractivity contribution >= 4 is 0 Å². The third-order valence-electron chi connectivity index (χ3n) is 2.62. The quantitative estimate of drug-likeness (QED) is 0.441. The van der Waals surface area contributed by atoms with Gasteiger partial charge in [-0.05, 0) is 19.8 Å². The fourth-order valence-corrected chi connectivity index (χ4v) is 1.34. The molecule has 0 saturated heterocycles. The van der Waals surface area contributed by atoms with Crippen molar-refractivity contribution in [3.05, 3.63) is 0 Å². The SMILES string of the molecule is COCCOCCOCCOCCCC(C)(O)CN. The zero-order chi connectivity index (χ0) is 14.4. The molecule has 1 atom stereocenters. The van der Waals surface area contributed by atoms with Gasteiger partial charge < -0.3 is 29.8 Å². The second-order valence-corrected chi connectivity index (χ2v) is 4.63. The van der Waals surface area contributed by atoms with Gasteiger partial charge in [0.2, 0.25) is 0 Å². The number of nitrogens with two attached hydrogens (primary N) is 1. The van der Waals surface area contributed by atoms with Gasteiger partial charge in [0.25, 0.3) is 0 Å². The summed E-state index contributed by atoms with van der Waals surface area (Å²) < 4.78 is 20.8. The highest BCUT2D eigenvalue weighted by Gasteiger charge is 2.16. The first-order valence-corrected chi connectivity index (χ1v) is 6.77. The molecule has 1 unspecified atom stereocenters. The minimum Gasteiger partial charge on any atom is -0.389 e. The van der Waals surface area contributed by atoms with E-state index in [9.17, 15) is 5.11 Å². The molecule has 0 aromatic rings. The van der Waals surface area contributed by atoms with E-state index in [2.05, 4.69) is 0 Å². The summed E-state index contributed by atoms with van der Waals surface area (Å²) in [5.41, 5.74) is 4.64. The van der Waals surface area contributed by atoms with Crippen LogP contribution < -0.4 is 5.73 Å². The van der Waals surface area contributed by atoms with E-state index in [0.29, 0.717) is 52.7 Å². The summed E-state index contributed by atoms with van der Waals surface area (Å²) in [5.74, 6) is 0. The molecule has 0 spiro atoms. The van der Waals surface area contributed by atoms with Crippen molar-refractivity contribution in [1.82, 2.24) is 0 Å². The first-order chi connectivity index (χ1) is 9.12. The smallest absolute Gasteiger partial charge is 0.0742 e. The summed E-state index contributed by atoms with van der Waals surface area (Å²) in [6.07, 6.45) is 1.45. The number of rotatable bonds is 14. The van der Waals surface area contributed by atoms with Crippen LogP contribution in [-0.2, 0) is 18.9 Å². The molecule has 19 heavy (non-hydrogen) atoms. The van der Waals surface area contributed by atoms with Crippen LogP contribution in [0, 0.1) is 0 Å². The average molecular weight is 279 g/mol. The molecule has 6 nitrogen and oxygen atoms in total. The van der Waals surface area contributed by atoms with Gasteiger partial charge in [-0.3, -0.25) is 0 Å². The Bertz CT molecular complexity index is 190. The van der Waals surface area contributed by atoms with Gasteiger partial charge >= 0.3 is 0 Å². The van der Waals surface area contributed by atoms with Crippen LogP contribution in [0.5, 0.6) is 0 Å². The van der Waals surface area contributed by atoms with Crippen LogP contribution in [0.25, 0.3) is 0 Å². The van der Waals surface area contributed by atoms with Crippen LogP contribution in [0.15, 0.2) is 0 Å².